The van der Waals surface area contributed by atoms with Crippen molar-refractivity contribution < 1.29 is 5.11 Å². The Morgan fingerprint density at radius 1 is 1.44 bits per heavy atom. The number of aryl methyl sites for hydroxylation is 1. The molecule has 2 N–H and O–H groups in total. The summed E-state index contributed by atoms with van der Waals surface area (Å²) in [5.41, 5.74) is 0. The molecule has 0 aromatic carbocycles. The minimum Gasteiger partial charge on any atom is -0.393 e. The lowest BCUT2D eigenvalue weighted by Gasteiger charge is -2.27. The second-order valence-corrected chi connectivity index (χ2v) is 5.28. The van der Waals surface area contributed by atoms with Crippen LogP contribution in [-0.2, 0) is 13.1 Å². The van der Waals surface area contributed by atoms with E-state index in [0.717, 1.165) is 44.7 Å². The Kier molecular flexibility index (Phi) is 5.20. The van der Waals surface area contributed by atoms with Crippen LogP contribution in [0.2, 0.25) is 0 Å². The van der Waals surface area contributed by atoms with Gasteiger partial charge in [0.15, 0.2) is 0 Å². The SMILES string of the molecule is CCCn1ccnc1CNCC1CCCCC1O. The van der Waals surface area contributed by atoms with E-state index in [-0.39, 0.29) is 6.10 Å². The minimum absolute atomic E-state index is 0.110. The number of aromatic nitrogens is 2. The smallest absolute Gasteiger partial charge is 0.122 e. The monoisotopic (exact) mass is 251 g/mol. The first-order valence-corrected chi connectivity index (χ1v) is 7.20. The van der Waals surface area contributed by atoms with Crippen LogP contribution in [-0.4, -0.2) is 27.3 Å². The van der Waals surface area contributed by atoms with E-state index in [1.807, 2.05) is 12.4 Å². The van der Waals surface area contributed by atoms with Crippen molar-refractivity contribution in [2.75, 3.05) is 6.54 Å². The zero-order chi connectivity index (χ0) is 12.8. The fourth-order valence-corrected chi connectivity index (χ4v) is 2.75. The van der Waals surface area contributed by atoms with E-state index < -0.39 is 0 Å². The van der Waals surface area contributed by atoms with Gasteiger partial charge in [0, 0.05) is 25.5 Å². The number of imidazole rings is 1. The standard InChI is InChI=1S/C14H25N3O/c1-2-8-17-9-7-16-14(17)11-15-10-12-5-3-4-6-13(12)18/h7,9,12-13,15,18H,2-6,8,10-11H2,1H3. The fourth-order valence-electron chi connectivity index (χ4n) is 2.75. The van der Waals surface area contributed by atoms with Crippen molar-refractivity contribution in [1.29, 1.82) is 0 Å². The highest BCUT2D eigenvalue weighted by Gasteiger charge is 2.22. The van der Waals surface area contributed by atoms with Crippen LogP contribution in [0.3, 0.4) is 0 Å². The lowest BCUT2D eigenvalue weighted by atomic mass is 9.86. The van der Waals surface area contributed by atoms with Crippen molar-refractivity contribution in [3.8, 4) is 0 Å². The molecule has 4 heteroatoms. The van der Waals surface area contributed by atoms with E-state index in [9.17, 15) is 5.11 Å². The van der Waals surface area contributed by atoms with Gasteiger partial charge in [0.25, 0.3) is 0 Å². The van der Waals surface area contributed by atoms with Gasteiger partial charge in [-0.2, -0.15) is 0 Å². The van der Waals surface area contributed by atoms with Crippen LogP contribution in [0, 0.1) is 5.92 Å². The van der Waals surface area contributed by atoms with E-state index in [1.165, 1.54) is 12.8 Å². The van der Waals surface area contributed by atoms with Crippen LogP contribution in [0.15, 0.2) is 12.4 Å². The summed E-state index contributed by atoms with van der Waals surface area (Å²) in [6, 6.07) is 0. The average molecular weight is 251 g/mol. The number of nitrogens with zero attached hydrogens (tertiary/aromatic N) is 2. The summed E-state index contributed by atoms with van der Waals surface area (Å²) in [4.78, 5) is 4.37. The molecular formula is C14H25N3O. The molecule has 1 aliphatic carbocycles. The van der Waals surface area contributed by atoms with E-state index >= 15 is 0 Å². The summed E-state index contributed by atoms with van der Waals surface area (Å²) in [5.74, 6) is 1.52. The van der Waals surface area contributed by atoms with E-state index in [0.29, 0.717) is 5.92 Å². The lowest BCUT2D eigenvalue weighted by molar-refractivity contribution is 0.0694. The van der Waals surface area contributed by atoms with Gasteiger partial charge in [-0.25, -0.2) is 4.98 Å². The highest BCUT2D eigenvalue weighted by atomic mass is 16.3. The molecule has 0 amide bonds. The van der Waals surface area contributed by atoms with Crippen molar-refractivity contribution >= 4 is 0 Å². The molecule has 0 radical (unpaired) electrons. The van der Waals surface area contributed by atoms with Crippen molar-refractivity contribution in [3.05, 3.63) is 18.2 Å². The molecule has 0 bridgehead atoms. The van der Waals surface area contributed by atoms with E-state index in [1.54, 1.807) is 0 Å². The van der Waals surface area contributed by atoms with Gasteiger partial charge < -0.3 is 15.0 Å². The van der Waals surface area contributed by atoms with E-state index in [4.69, 9.17) is 0 Å². The minimum atomic E-state index is -0.110. The molecule has 0 aliphatic heterocycles. The largest absolute Gasteiger partial charge is 0.393 e. The van der Waals surface area contributed by atoms with Crippen LogP contribution < -0.4 is 5.32 Å². The second-order valence-electron chi connectivity index (χ2n) is 5.28. The molecule has 1 aliphatic rings. The number of nitrogens with one attached hydrogen (secondary N) is 1. The normalized spacial score (nSPS) is 24.3. The third-order valence-electron chi connectivity index (χ3n) is 3.82. The maximum Gasteiger partial charge on any atom is 0.122 e. The molecule has 2 atom stereocenters. The lowest BCUT2D eigenvalue weighted by Crippen LogP contribution is -2.34. The van der Waals surface area contributed by atoms with Crippen molar-refractivity contribution in [3.63, 3.8) is 0 Å². The van der Waals surface area contributed by atoms with Crippen molar-refractivity contribution in [2.24, 2.45) is 5.92 Å². The van der Waals surface area contributed by atoms with Gasteiger partial charge in [-0.3, -0.25) is 0 Å². The topological polar surface area (TPSA) is 50.1 Å². The summed E-state index contributed by atoms with van der Waals surface area (Å²) in [7, 11) is 0. The summed E-state index contributed by atoms with van der Waals surface area (Å²) in [5, 5.41) is 13.3. The molecule has 0 spiro atoms. The van der Waals surface area contributed by atoms with Gasteiger partial charge in [-0.1, -0.05) is 19.8 Å². The summed E-state index contributed by atoms with van der Waals surface area (Å²) in [6.45, 7) is 4.91. The van der Waals surface area contributed by atoms with Crippen LogP contribution in [0.1, 0.15) is 44.9 Å². The number of aliphatic hydroxyl groups excluding tert-OH is 1. The van der Waals surface area contributed by atoms with Crippen LogP contribution in [0.4, 0.5) is 0 Å². The fraction of sp³-hybridized carbons (Fsp3) is 0.786. The molecule has 4 nitrogen and oxygen atoms in total. The Hall–Kier alpha value is -0.870. The number of aliphatic hydroxyl groups is 1. The molecular weight excluding hydrogens is 226 g/mol. The van der Waals surface area contributed by atoms with Gasteiger partial charge in [0.1, 0.15) is 5.82 Å². The quantitative estimate of drug-likeness (QED) is 0.812. The molecule has 0 saturated heterocycles. The highest BCUT2D eigenvalue weighted by molar-refractivity contribution is 4.92. The summed E-state index contributed by atoms with van der Waals surface area (Å²) < 4.78 is 2.20. The molecule has 18 heavy (non-hydrogen) atoms. The first-order valence-electron chi connectivity index (χ1n) is 7.20. The third kappa shape index (κ3) is 3.56. The van der Waals surface area contributed by atoms with Gasteiger partial charge >= 0.3 is 0 Å². The van der Waals surface area contributed by atoms with Gasteiger partial charge in [-0.15, -0.1) is 0 Å². The van der Waals surface area contributed by atoms with Crippen LogP contribution in [0.5, 0.6) is 0 Å². The van der Waals surface area contributed by atoms with Crippen molar-refractivity contribution in [2.45, 2.75) is 58.2 Å². The average Bonchev–Trinajstić information content (AvgIpc) is 2.80. The molecule has 1 fully saturated rings. The Bertz CT molecular complexity index is 351. The van der Waals surface area contributed by atoms with Gasteiger partial charge in [0.2, 0.25) is 0 Å². The summed E-state index contributed by atoms with van der Waals surface area (Å²) in [6.07, 6.45) is 9.48. The van der Waals surface area contributed by atoms with Crippen molar-refractivity contribution in [1.82, 2.24) is 14.9 Å². The third-order valence-corrected chi connectivity index (χ3v) is 3.82. The predicted molar refractivity (Wildman–Crippen MR) is 72.2 cm³/mol. The zero-order valence-electron chi connectivity index (χ0n) is 11.3. The van der Waals surface area contributed by atoms with Gasteiger partial charge in [0.05, 0.1) is 12.6 Å². The maximum absolute atomic E-state index is 9.90. The molecule has 1 saturated carbocycles. The molecule has 1 aromatic rings. The summed E-state index contributed by atoms with van der Waals surface area (Å²) >= 11 is 0. The molecule has 102 valence electrons. The number of hydrogen-bond acceptors (Lipinski definition) is 3. The van der Waals surface area contributed by atoms with E-state index in [2.05, 4.69) is 21.8 Å². The second kappa shape index (κ2) is 6.90. The molecule has 1 aromatic heterocycles. The number of rotatable bonds is 6. The Balaban J connectivity index is 1.75. The number of hydrogen-bond donors (Lipinski definition) is 2. The van der Waals surface area contributed by atoms with Crippen LogP contribution >= 0.6 is 0 Å². The van der Waals surface area contributed by atoms with Gasteiger partial charge in [-0.05, 0) is 25.2 Å². The first-order chi connectivity index (χ1) is 8.81. The molecule has 2 rings (SSSR count). The Morgan fingerprint density at radius 2 is 2.28 bits per heavy atom. The van der Waals surface area contributed by atoms with Crippen LogP contribution in [0.25, 0.3) is 0 Å². The zero-order valence-corrected chi connectivity index (χ0v) is 11.3. The highest BCUT2D eigenvalue weighted by Crippen LogP contribution is 2.23. The maximum atomic E-state index is 9.90. The molecule has 2 unspecified atom stereocenters. The first kappa shape index (κ1) is 13.6. The predicted octanol–water partition coefficient (Wildman–Crippen LogP) is 1.93. The Labute approximate surface area is 109 Å². The molecule has 1 heterocycles. The Morgan fingerprint density at radius 3 is 3.06 bits per heavy atom.